The zero-order valence-corrected chi connectivity index (χ0v) is 15.2. The van der Waals surface area contributed by atoms with Crippen molar-refractivity contribution < 1.29 is 48.7 Å². The van der Waals surface area contributed by atoms with Gasteiger partial charge in [-0.2, -0.15) is 0 Å². The Labute approximate surface area is 172 Å². The number of amides is 1. The summed E-state index contributed by atoms with van der Waals surface area (Å²) in [7, 11) is 0. The van der Waals surface area contributed by atoms with Crippen LogP contribution in [0.1, 0.15) is 17.0 Å². The third-order valence-corrected chi connectivity index (χ3v) is 4.37. The molecule has 0 aromatic heterocycles. The highest BCUT2D eigenvalue weighted by atomic mass is 19.2. The van der Waals surface area contributed by atoms with Crippen molar-refractivity contribution in [2.45, 2.75) is 5.92 Å². The van der Waals surface area contributed by atoms with Gasteiger partial charge in [0, 0.05) is 16.8 Å². The van der Waals surface area contributed by atoms with Gasteiger partial charge in [-0.15, -0.1) is 0 Å². The first-order valence-electron chi connectivity index (χ1n) is 8.37. The average molecular weight is 467 g/mol. The Bertz CT molecular complexity index is 1100. The van der Waals surface area contributed by atoms with Crippen LogP contribution in [0.2, 0.25) is 0 Å². The molecule has 0 saturated carbocycles. The van der Waals surface area contributed by atoms with Gasteiger partial charge in [0.15, 0.2) is 46.5 Å². The van der Waals surface area contributed by atoms with Gasteiger partial charge in [-0.3, -0.25) is 4.79 Å². The normalized spacial score (nSPS) is 11.2. The summed E-state index contributed by atoms with van der Waals surface area (Å²) in [6, 6.07) is 6.40. The molecule has 168 valence electrons. The molecule has 3 aromatic carbocycles. The second-order valence-corrected chi connectivity index (χ2v) is 6.26. The first kappa shape index (κ1) is 23.1. The van der Waals surface area contributed by atoms with E-state index in [0.717, 1.165) is 12.1 Å². The molecule has 0 bridgehead atoms. The Morgan fingerprint density at radius 1 is 0.531 bits per heavy atom. The van der Waals surface area contributed by atoms with Crippen molar-refractivity contribution in [2.75, 3.05) is 5.32 Å². The molecule has 0 heterocycles. The number of para-hydroxylation sites is 1. The highest BCUT2D eigenvalue weighted by Gasteiger charge is 2.41. The Morgan fingerprint density at radius 2 is 0.844 bits per heavy atom. The molecule has 0 spiro atoms. The smallest absolute Gasteiger partial charge is 0.236 e. The Morgan fingerprint density at radius 3 is 1.19 bits per heavy atom. The number of carbonyl (C=O) groups is 1. The van der Waals surface area contributed by atoms with Crippen LogP contribution in [0.4, 0.5) is 49.6 Å². The molecule has 1 amide bonds. The summed E-state index contributed by atoms with van der Waals surface area (Å²) in [6.45, 7) is 0. The van der Waals surface area contributed by atoms with Gasteiger partial charge in [-0.1, -0.05) is 18.2 Å². The van der Waals surface area contributed by atoms with E-state index in [-0.39, 0.29) is 5.69 Å². The van der Waals surface area contributed by atoms with E-state index < -0.39 is 81.1 Å². The van der Waals surface area contributed by atoms with Gasteiger partial charge in [0.25, 0.3) is 0 Å². The molecule has 0 unspecified atom stereocenters. The number of halogens is 10. The van der Waals surface area contributed by atoms with Crippen LogP contribution in [-0.4, -0.2) is 5.91 Å². The second-order valence-electron chi connectivity index (χ2n) is 6.26. The summed E-state index contributed by atoms with van der Waals surface area (Å²) in [4.78, 5) is 12.7. The summed E-state index contributed by atoms with van der Waals surface area (Å²) >= 11 is 0. The maximum atomic E-state index is 14.4. The minimum absolute atomic E-state index is 0.185. The van der Waals surface area contributed by atoms with E-state index >= 15 is 0 Å². The van der Waals surface area contributed by atoms with Crippen molar-refractivity contribution in [1.29, 1.82) is 0 Å². The van der Waals surface area contributed by atoms with Crippen molar-refractivity contribution in [3.05, 3.63) is 99.6 Å². The van der Waals surface area contributed by atoms with E-state index in [1.807, 2.05) is 5.32 Å². The van der Waals surface area contributed by atoms with Crippen LogP contribution < -0.4 is 5.32 Å². The highest BCUT2D eigenvalue weighted by molar-refractivity contribution is 5.98. The molecule has 0 radical (unpaired) electrons. The van der Waals surface area contributed by atoms with Gasteiger partial charge in [0.05, 0.1) is 0 Å². The van der Waals surface area contributed by atoms with Crippen molar-refractivity contribution in [3.63, 3.8) is 0 Å². The van der Waals surface area contributed by atoms with Crippen LogP contribution in [0.25, 0.3) is 0 Å². The predicted octanol–water partition coefficient (Wildman–Crippen LogP) is 5.85. The molecule has 0 saturated heterocycles. The second kappa shape index (κ2) is 8.52. The third kappa shape index (κ3) is 3.65. The van der Waals surface area contributed by atoms with Crippen molar-refractivity contribution in [1.82, 2.24) is 0 Å². The molecule has 2 nitrogen and oxygen atoms in total. The van der Waals surface area contributed by atoms with Crippen LogP contribution in [0, 0.1) is 58.2 Å². The van der Waals surface area contributed by atoms with Gasteiger partial charge >= 0.3 is 0 Å². The van der Waals surface area contributed by atoms with Crippen LogP contribution in [0.5, 0.6) is 0 Å². The van der Waals surface area contributed by atoms with Gasteiger partial charge in [-0.25, -0.2) is 43.9 Å². The summed E-state index contributed by atoms with van der Waals surface area (Å²) in [5.41, 5.74) is -4.41. The Hall–Kier alpha value is -3.57. The minimum Gasteiger partial charge on any atom is -0.325 e. The van der Waals surface area contributed by atoms with Crippen LogP contribution in [-0.2, 0) is 4.79 Å². The Kier molecular flexibility index (Phi) is 6.15. The van der Waals surface area contributed by atoms with Crippen LogP contribution in [0.3, 0.4) is 0 Å². The fourth-order valence-corrected chi connectivity index (χ4v) is 2.89. The maximum absolute atomic E-state index is 14.4. The monoisotopic (exact) mass is 467 g/mol. The van der Waals surface area contributed by atoms with E-state index in [9.17, 15) is 48.7 Å². The van der Waals surface area contributed by atoms with E-state index in [2.05, 4.69) is 0 Å². The summed E-state index contributed by atoms with van der Waals surface area (Å²) in [5.74, 6) is -31.5. The molecular formula is C20H7F10NO. The molecule has 1 N–H and O–H groups in total. The highest BCUT2D eigenvalue weighted by Crippen LogP contribution is 2.38. The number of benzene rings is 3. The van der Waals surface area contributed by atoms with Crippen molar-refractivity contribution in [2.24, 2.45) is 0 Å². The average Bonchev–Trinajstić information content (AvgIpc) is 2.78. The molecule has 3 rings (SSSR count). The van der Waals surface area contributed by atoms with Gasteiger partial charge in [0.2, 0.25) is 17.5 Å². The SMILES string of the molecule is O=C(Nc1ccccc1)C(c1c(F)c(F)c(F)c(F)c1F)c1c(F)c(F)c(F)c(F)c1F. The van der Waals surface area contributed by atoms with Crippen molar-refractivity contribution >= 4 is 11.6 Å². The first-order valence-corrected chi connectivity index (χ1v) is 8.37. The van der Waals surface area contributed by atoms with E-state index in [1.54, 1.807) is 0 Å². The summed E-state index contributed by atoms with van der Waals surface area (Å²) < 4.78 is 139. The van der Waals surface area contributed by atoms with Crippen molar-refractivity contribution in [3.8, 4) is 0 Å². The molecule has 32 heavy (non-hydrogen) atoms. The largest absolute Gasteiger partial charge is 0.325 e. The zero-order chi connectivity index (χ0) is 23.9. The lowest BCUT2D eigenvalue weighted by Gasteiger charge is -2.21. The van der Waals surface area contributed by atoms with E-state index in [4.69, 9.17) is 0 Å². The first-order chi connectivity index (χ1) is 15.0. The molecule has 0 aliphatic heterocycles. The number of anilines is 1. The molecule has 0 atom stereocenters. The lowest BCUT2D eigenvalue weighted by Crippen LogP contribution is -2.28. The summed E-state index contributed by atoms with van der Waals surface area (Å²) in [5, 5.41) is 1.87. The Balaban J connectivity index is 2.37. The topological polar surface area (TPSA) is 29.1 Å². The fourth-order valence-electron chi connectivity index (χ4n) is 2.89. The molecule has 3 aromatic rings. The molecular weight excluding hydrogens is 460 g/mol. The maximum Gasteiger partial charge on any atom is 0.236 e. The van der Waals surface area contributed by atoms with E-state index in [0.29, 0.717) is 0 Å². The number of nitrogens with one attached hydrogen (secondary N) is 1. The molecule has 0 aliphatic rings. The van der Waals surface area contributed by atoms with Gasteiger partial charge < -0.3 is 5.32 Å². The fraction of sp³-hybridized carbons (Fsp3) is 0.0500. The quantitative estimate of drug-likeness (QED) is 0.291. The lowest BCUT2D eigenvalue weighted by molar-refractivity contribution is -0.117. The predicted molar refractivity (Wildman–Crippen MR) is 89.4 cm³/mol. The standard InChI is InChI=1S/C20H7F10NO/c21-10-8(11(22)15(26)18(29)14(10)25)7(20(32)31-6-4-2-1-3-5-6)9-12(23)16(27)19(30)17(28)13(9)24/h1-5,7H,(H,31,32). The number of rotatable bonds is 4. The van der Waals surface area contributed by atoms with Gasteiger partial charge in [0.1, 0.15) is 5.92 Å². The minimum atomic E-state index is -3.16. The number of hydrogen-bond acceptors (Lipinski definition) is 1. The van der Waals surface area contributed by atoms with Crippen LogP contribution >= 0.6 is 0 Å². The molecule has 0 fully saturated rings. The summed E-state index contributed by atoms with van der Waals surface area (Å²) in [6.07, 6.45) is 0. The van der Waals surface area contributed by atoms with Gasteiger partial charge in [-0.05, 0) is 12.1 Å². The number of hydrogen-bond donors (Lipinski definition) is 1. The van der Waals surface area contributed by atoms with Crippen LogP contribution in [0.15, 0.2) is 30.3 Å². The molecule has 12 heteroatoms. The third-order valence-electron chi connectivity index (χ3n) is 4.37. The molecule has 0 aliphatic carbocycles. The lowest BCUT2D eigenvalue weighted by atomic mass is 9.87. The number of carbonyl (C=O) groups excluding carboxylic acids is 1. The zero-order valence-electron chi connectivity index (χ0n) is 15.2. The van der Waals surface area contributed by atoms with E-state index in [1.165, 1.54) is 18.2 Å².